The molecule has 1 unspecified atom stereocenters. The molecule has 0 heterocycles. The fourth-order valence-electron chi connectivity index (χ4n) is 0.415. The third-order valence-corrected chi connectivity index (χ3v) is 1.03. The third-order valence-electron chi connectivity index (χ3n) is 1.03. The molecule has 0 aromatic heterocycles. The molecule has 0 aromatic carbocycles. The molecular weight excluding hydrogens is 225 g/mol. The van der Waals surface area contributed by atoms with Crippen LogP contribution in [0.3, 0.4) is 0 Å². The molecular formula is C5H5F7O2. The van der Waals surface area contributed by atoms with Crippen LogP contribution < -0.4 is 0 Å². The largest absolute Gasteiger partial charge is 0.483 e. The highest BCUT2D eigenvalue weighted by Gasteiger charge is 2.61. The van der Waals surface area contributed by atoms with Gasteiger partial charge in [0.25, 0.3) is 6.43 Å². The molecule has 0 aliphatic heterocycles. The monoisotopic (exact) mass is 230 g/mol. The first kappa shape index (κ1) is 13.4. The predicted octanol–water partition coefficient (Wildman–Crippen LogP) is 2.40. The summed E-state index contributed by atoms with van der Waals surface area (Å²) in [4.78, 5) is 0. The minimum absolute atomic E-state index is 0.517. The summed E-state index contributed by atoms with van der Waals surface area (Å²) in [6.45, 7) is 0. The molecule has 0 aliphatic rings. The first-order chi connectivity index (χ1) is 6.12. The van der Waals surface area contributed by atoms with Gasteiger partial charge >= 0.3 is 12.3 Å². The van der Waals surface area contributed by atoms with Crippen molar-refractivity contribution in [1.82, 2.24) is 0 Å². The second-order valence-corrected chi connectivity index (χ2v) is 2.07. The molecule has 0 N–H and O–H groups in total. The Kier molecular flexibility index (Phi) is 4.13. The minimum Gasteiger partial charge on any atom is -0.351 e. The highest BCUT2D eigenvalue weighted by molar-refractivity contribution is 4.65. The lowest BCUT2D eigenvalue weighted by molar-refractivity contribution is -0.431. The van der Waals surface area contributed by atoms with Gasteiger partial charge in [0.2, 0.25) is 6.29 Å². The van der Waals surface area contributed by atoms with Gasteiger partial charge in [-0.05, 0) is 0 Å². The van der Waals surface area contributed by atoms with E-state index in [-0.39, 0.29) is 0 Å². The molecule has 2 nitrogen and oxygen atoms in total. The van der Waals surface area contributed by atoms with Gasteiger partial charge < -0.3 is 4.74 Å². The van der Waals surface area contributed by atoms with Gasteiger partial charge in [-0.2, -0.15) is 22.0 Å². The number of rotatable bonds is 4. The Morgan fingerprint density at radius 2 is 1.43 bits per heavy atom. The molecule has 0 saturated heterocycles. The molecule has 0 aliphatic carbocycles. The van der Waals surface area contributed by atoms with E-state index in [9.17, 15) is 30.7 Å². The van der Waals surface area contributed by atoms with Gasteiger partial charge in [-0.3, -0.25) is 4.74 Å². The summed E-state index contributed by atoms with van der Waals surface area (Å²) in [5.74, 6) is 0. The normalized spacial score (nSPS) is 16.1. The van der Waals surface area contributed by atoms with E-state index in [2.05, 4.69) is 9.47 Å². The molecule has 86 valence electrons. The van der Waals surface area contributed by atoms with Crippen LogP contribution >= 0.6 is 0 Å². The van der Waals surface area contributed by atoms with Crippen molar-refractivity contribution >= 4 is 0 Å². The molecule has 1 atom stereocenters. The lowest BCUT2D eigenvalue weighted by Gasteiger charge is -2.23. The molecule has 0 fully saturated rings. The molecule has 0 bridgehead atoms. The van der Waals surface area contributed by atoms with E-state index in [1.54, 1.807) is 0 Å². The van der Waals surface area contributed by atoms with Crippen LogP contribution in [0.1, 0.15) is 0 Å². The second kappa shape index (κ2) is 4.30. The van der Waals surface area contributed by atoms with Gasteiger partial charge in [-0.25, -0.2) is 8.78 Å². The maximum Gasteiger partial charge on any atom is 0.483 e. The molecule has 0 spiro atoms. The Labute approximate surface area is 73.6 Å². The van der Waals surface area contributed by atoms with E-state index in [0.717, 1.165) is 0 Å². The standard InChI is InChI=1S/C5H5F7O2/c1-13-3(2(6)7)14-5(11,12)4(8,9)10/h2-3H,1H3. The van der Waals surface area contributed by atoms with E-state index in [1.165, 1.54) is 0 Å². The Hall–Kier alpha value is -0.570. The highest BCUT2D eigenvalue weighted by atomic mass is 19.4. The van der Waals surface area contributed by atoms with Crippen LogP contribution in [0.2, 0.25) is 0 Å². The van der Waals surface area contributed by atoms with Gasteiger partial charge in [-0.1, -0.05) is 0 Å². The van der Waals surface area contributed by atoms with Crippen LogP contribution in [0.4, 0.5) is 30.7 Å². The zero-order valence-electron chi connectivity index (χ0n) is 6.62. The van der Waals surface area contributed by atoms with E-state index in [4.69, 9.17) is 0 Å². The third kappa shape index (κ3) is 3.29. The molecule has 0 radical (unpaired) electrons. The smallest absolute Gasteiger partial charge is 0.351 e. The van der Waals surface area contributed by atoms with Crippen LogP contribution in [0.15, 0.2) is 0 Å². The maximum absolute atomic E-state index is 12.0. The minimum atomic E-state index is -6.06. The molecule has 0 amide bonds. The van der Waals surface area contributed by atoms with Gasteiger partial charge in [0, 0.05) is 7.11 Å². The van der Waals surface area contributed by atoms with Crippen LogP contribution in [0.25, 0.3) is 0 Å². The number of hydrogen-bond acceptors (Lipinski definition) is 2. The van der Waals surface area contributed by atoms with Crippen LogP contribution in [0.5, 0.6) is 0 Å². The second-order valence-electron chi connectivity index (χ2n) is 2.07. The van der Waals surface area contributed by atoms with Crippen molar-refractivity contribution in [3.05, 3.63) is 0 Å². The summed E-state index contributed by atoms with van der Waals surface area (Å²) in [6.07, 6.45) is -18.2. The first-order valence-electron chi connectivity index (χ1n) is 3.05. The van der Waals surface area contributed by atoms with Gasteiger partial charge in [-0.15, -0.1) is 0 Å². The summed E-state index contributed by atoms with van der Waals surface area (Å²) in [6, 6.07) is 0. The first-order valence-corrected chi connectivity index (χ1v) is 3.05. The van der Waals surface area contributed by atoms with E-state index >= 15 is 0 Å². The average molecular weight is 230 g/mol. The summed E-state index contributed by atoms with van der Waals surface area (Å²) < 4.78 is 87.9. The predicted molar refractivity (Wildman–Crippen MR) is 28.9 cm³/mol. The van der Waals surface area contributed by atoms with Crippen molar-refractivity contribution in [2.45, 2.75) is 25.0 Å². The van der Waals surface area contributed by atoms with Gasteiger partial charge in [0.05, 0.1) is 0 Å². The Bertz CT molecular complexity index is 177. The summed E-state index contributed by atoms with van der Waals surface area (Å²) in [5.41, 5.74) is 0. The van der Waals surface area contributed by atoms with Crippen molar-refractivity contribution < 1.29 is 40.2 Å². The lowest BCUT2D eigenvalue weighted by atomic mass is 10.6. The summed E-state index contributed by atoms with van der Waals surface area (Å²) in [5, 5.41) is 0. The Morgan fingerprint density at radius 1 is 1.00 bits per heavy atom. The number of ether oxygens (including phenoxy) is 2. The molecule has 0 saturated carbocycles. The number of methoxy groups -OCH3 is 1. The van der Waals surface area contributed by atoms with Crippen LogP contribution in [0, 0.1) is 0 Å². The zero-order chi connectivity index (χ0) is 11.6. The van der Waals surface area contributed by atoms with Crippen molar-refractivity contribution in [2.24, 2.45) is 0 Å². The van der Waals surface area contributed by atoms with Gasteiger partial charge in [0.15, 0.2) is 0 Å². The number of hydrogen-bond donors (Lipinski definition) is 0. The molecule has 0 rings (SSSR count). The van der Waals surface area contributed by atoms with E-state index < -0.39 is 25.0 Å². The number of halogens is 7. The molecule has 9 heteroatoms. The lowest BCUT2D eigenvalue weighted by Crippen LogP contribution is -2.44. The fourth-order valence-corrected chi connectivity index (χ4v) is 0.415. The fraction of sp³-hybridized carbons (Fsp3) is 1.00. The van der Waals surface area contributed by atoms with Crippen molar-refractivity contribution in [3.63, 3.8) is 0 Å². The quantitative estimate of drug-likeness (QED) is 0.545. The highest BCUT2D eigenvalue weighted by Crippen LogP contribution is 2.37. The van der Waals surface area contributed by atoms with Crippen molar-refractivity contribution in [2.75, 3.05) is 7.11 Å². The van der Waals surface area contributed by atoms with Crippen molar-refractivity contribution in [1.29, 1.82) is 0 Å². The summed E-state index contributed by atoms with van der Waals surface area (Å²) in [7, 11) is 0.517. The van der Waals surface area contributed by atoms with E-state index in [1.807, 2.05) is 0 Å². The molecule has 0 aromatic rings. The zero-order valence-corrected chi connectivity index (χ0v) is 6.62. The van der Waals surface area contributed by atoms with Crippen LogP contribution in [-0.4, -0.2) is 32.1 Å². The molecule has 14 heavy (non-hydrogen) atoms. The summed E-state index contributed by atoms with van der Waals surface area (Å²) >= 11 is 0. The topological polar surface area (TPSA) is 18.5 Å². The van der Waals surface area contributed by atoms with E-state index in [0.29, 0.717) is 7.11 Å². The van der Waals surface area contributed by atoms with Gasteiger partial charge in [0.1, 0.15) is 0 Å². The Morgan fingerprint density at radius 3 is 1.64 bits per heavy atom. The SMILES string of the molecule is COC(OC(F)(F)C(F)(F)F)C(F)F. The van der Waals surface area contributed by atoms with Crippen molar-refractivity contribution in [3.8, 4) is 0 Å². The average Bonchev–Trinajstić information content (AvgIpc) is 1.97. The van der Waals surface area contributed by atoms with Crippen LogP contribution in [-0.2, 0) is 9.47 Å². The number of alkyl halides is 7. The Balaban J connectivity index is 4.48. The maximum atomic E-state index is 12.0.